The lowest BCUT2D eigenvalue weighted by atomic mass is 10.1. The third-order valence-electron chi connectivity index (χ3n) is 1.54. The smallest absolute Gasteiger partial charge is 0.111 e. The second-order valence-corrected chi connectivity index (χ2v) is 3.62. The predicted molar refractivity (Wildman–Crippen MR) is 49.6 cm³/mol. The lowest BCUT2D eigenvalue weighted by molar-refractivity contribution is 0.0404. The first-order chi connectivity index (χ1) is 5.09. The van der Waals surface area contributed by atoms with Crippen molar-refractivity contribution in [3.05, 3.63) is 11.1 Å². The lowest BCUT2D eigenvalue weighted by Gasteiger charge is -2.15. The van der Waals surface area contributed by atoms with Crippen molar-refractivity contribution in [2.75, 3.05) is 0 Å². The van der Waals surface area contributed by atoms with Crippen LogP contribution in [0.1, 0.15) is 26.2 Å². The van der Waals surface area contributed by atoms with E-state index in [9.17, 15) is 10.2 Å². The fraction of sp³-hybridized carbons (Fsp3) is 0.750. The minimum absolute atomic E-state index is 0.445. The van der Waals surface area contributed by atoms with Crippen molar-refractivity contribution in [2.24, 2.45) is 0 Å². The summed E-state index contributed by atoms with van der Waals surface area (Å²) in [5.41, 5.74) is 0. The fourth-order valence-electron chi connectivity index (χ4n) is 0.780. The summed E-state index contributed by atoms with van der Waals surface area (Å²) in [4.78, 5) is 0. The average molecular weight is 223 g/mol. The molecule has 0 radical (unpaired) electrons. The molecule has 0 aliphatic carbocycles. The second kappa shape index (κ2) is 5.75. The molecule has 0 aromatic rings. The minimum Gasteiger partial charge on any atom is -0.390 e. The van der Waals surface area contributed by atoms with Crippen LogP contribution in [0.4, 0.5) is 0 Å². The second-order valence-electron chi connectivity index (χ2n) is 2.60. The van der Waals surface area contributed by atoms with Gasteiger partial charge in [-0.3, -0.25) is 0 Å². The number of aliphatic hydroxyl groups excluding tert-OH is 2. The lowest BCUT2D eigenvalue weighted by Crippen LogP contribution is -2.25. The van der Waals surface area contributed by atoms with Gasteiger partial charge in [-0.25, -0.2) is 0 Å². The highest BCUT2D eigenvalue weighted by Crippen LogP contribution is 2.14. The molecule has 2 nitrogen and oxygen atoms in total. The van der Waals surface area contributed by atoms with Gasteiger partial charge in [0.2, 0.25) is 0 Å². The van der Waals surface area contributed by atoms with Crippen LogP contribution in [0.15, 0.2) is 11.1 Å². The van der Waals surface area contributed by atoms with Gasteiger partial charge in [0, 0.05) is 4.48 Å². The average Bonchev–Trinajstić information content (AvgIpc) is 1.98. The quantitative estimate of drug-likeness (QED) is 0.746. The van der Waals surface area contributed by atoms with Crippen LogP contribution in [0.5, 0.6) is 0 Å². The summed E-state index contributed by atoms with van der Waals surface area (Å²) in [5, 5.41) is 18.5. The highest BCUT2D eigenvalue weighted by Gasteiger charge is 2.16. The van der Waals surface area contributed by atoms with Crippen molar-refractivity contribution in [3.63, 3.8) is 0 Å². The van der Waals surface area contributed by atoms with E-state index in [-0.39, 0.29) is 0 Å². The molecule has 0 amide bonds. The van der Waals surface area contributed by atoms with E-state index in [0.717, 1.165) is 12.8 Å². The number of aliphatic hydroxyl groups is 2. The van der Waals surface area contributed by atoms with Gasteiger partial charge in [-0.1, -0.05) is 42.3 Å². The van der Waals surface area contributed by atoms with Crippen molar-refractivity contribution in [1.82, 2.24) is 0 Å². The number of rotatable bonds is 5. The molecule has 0 bridgehead atoms. The van der Waals surface area contributed by atoms with Gasteiger partial charge in [0.05, 0.1) is 6.10 Å². The molecule has 0 heterocycles. The molecule has 0 spiro atoms. The summed E-state index contributed by atoms with van der Waals surface area (Å²) in [6.45, 7) is 5.53. The largest absolute Gasteiger partial charge is 0.390 e. The third kappa shape index (κ3) is 4.56. The van der Waals surface area contributed by atoms with E-state index in [0.29, 0.717) is 10.9 Å². The first-order valence-corrected chi connectivity index (χ1v) is 4.59. The topological polar surface area (TPSA) is 40.5 Å². The van der Waals surface area contributed by atoms with E-state index in [1.165, 1.54) is 0 Å². The first kappa shape index (κ1) is 11.1. The Labute approximate surface area is 76.1 Å². The highest BCUT2D eigenvalue weighted by atomic mass is 79.9. The zero-order chi connectivity index (χ0) is 8.85. The van der Waals surface area contributed by atoms with Crippen molar-refractivity contribution >= 4 is 15.9 Å². The van der Waals surface area contributed by atoms with Crippen LogP contribution < -0.4 is 0 Å². The minimum atomic E-state index is -0.832. The number of hydrogen-bond acceptors (Lipinski definition) is 2. The molecule has 66 valence electrons. The van der Waals surface area contributed by atoms with E-state index >= 15 is 0 Å². The van der Waals surface area contributed by atoms with Crippen molar-refractivity contribution in [3.8, 4) is 0 Å². The Kier molecular flexibility index (Phi) is 5.82. The van der Waals surface area contributed by atoms with Crippen LogP contribution in [-0.4, -0.2) is 22.4 Å². The monoisotopic (exact) mass is 222 g/mol. The predicted octanol–water partition coefficient (Wildman–Crippen LogP) is 1.81. The van der Waals surface area contributed by atoms with Crippen LogP contribution in [0.3, 0.4) is 0 Å². The summed E-state index contributed by atoms with van der Waals surface area (Å²) >= 11 is 3.03. The number of halogens is 1. The Balaban J connectivity index is 3.63. The summed E-state index contributed by atoms with van der Waals surface area (Å²) in [6.07, 6.45) is 1.07. The van der Waals surface area contributed by atoms with E-state index in [4.69, 9.17) is 0 Å². The van der Waals surface area contributed by atoms with Gasteiger partial charge < -0.3 is 10.2 Å². The first-order valence-electron chi connectivity index (χ1n) is 3.80. The van der Waals surface area contributed by atoms with Gasteiger partial charge in [-0.2, -0.15) is 0 Å². The third-order valence-corrected chi connectivity index (χ3v) is 2.01. The Morgan fingerprint density at radius 1 is 1.55 bits per heavy atom. The Hall–Kier alpha value is 0.140. The Bertz CT molecular complexity index is 125. The van der Waals surface area contributed by atoms with Gasteiger partial charge in [0.1, 0.15) is 6.10 Å². The molecule has 0 aromatic carbocycles. The Morgan fingerprint density at radius 3 is 2.45 bits per heavy atom. The summed E-state index contributed by atoms with van der Waals surface area (Å²) in [7, 11) is 0. The van der Waals surface area contributed by atoms with Crippen LogP contribution in [-0.2, 0) is 0 Å². The maximum absolute atomic E-state index is 9.28. The van der Waals surface area contributed by atoms with Crippen molar-refractivity contribution in [1.29, 1.82) is 0 Å². The molecule has 0 aliphatic rings. The van der Waals surface area contributed by atoms with Gasteiger partial charge in [-0.15, -0.1) is 0 Å². The number of unbranched alkanes of at least 4 members (excludes halogenated alkanes) is 1. The molecule has 0 unspecified atom stereocenters. The summed E-state index contributed by atoms with van der Waals surface area (Å²) < 4.78 is 0.445. The van der Waals surface area contributed by atoms with E-state index in [1.807, 2.05) is 6.92 Å². The zero-order valence-corrected chi connectivity index (χ0v) is 8.34. The van der Waals surface area contributed by atoms with Crippen LogP contribution in [0.2, 0.25) is 0 Å². The van der Waals surface area contributed by atoms with E-state index in [2.05, 4.69) is 22.5 Å². The molecular weight excluding hydrogens is 208 g/mol. The molecule has 2 N–H and O–H groups in total. The maximum atomic E-state index is 9.28. The van der Waals surface area contributed by atoms with E-state index in [1.54, 1.807) is 0 Å². The molecule has 3 heteroatoms. The summed E-state index contributed by atoms with van der Waals surface area (Å²) in [6, 6.07) is 0. The molecule has 0 rings (SSSR count). The zero-order valence-electron chi connectivity index (χ0n) is 6.76. The standard InChI is InChI=1S/C8H15BrO2/c1-3-4-5-7(10)8(11)6(2)9/h7-8,10-11H,2-5H2,1H3/t7-,8+/m0/s1. The molecule has 2 atom stereocenters. The molecule has 0 aliphatic heterocycles. The number of hydrogen-bond donors (Lipinski definition) is 2. The van der Waals surface area contributed by atoms with Gasteiger partial charge in [0.25, 0.3) is 0 Å². The fourth-order valence-corrected chi connectivity index (χ4v) is 1.09. The van der Waals surface area contributed by atoms with Crippen LogP contribution in [0.25, 0.3) is 0 Å². The molecule has 0 saturated heterocycles. The van der Waals surface area contributed by atoms with Crippen LogP contribution in [0, 0.1) is 0 Å². The van der Waals surface area contributed by atoms with Crippen molar-refractivity contribution < 1.29 is 10.2 Å². The molecular formula is C8H15BrO2. The van der Waals surface area contributed by atoms with E-state index < -0.39 is 12.2 Å². The maximum Gasteiger partial charge on any atom is 0.111 e. The Morgan fingerprint density at radius 2 is 2.09 bits per heavy atom. The molecule has 0 saturated carbocycles. The molecule has 0 fully saturated rings. The van der Waals surface area contributed by atoms with Gasteiger partial charge >= 0.3 is 0 Å². The van der Waals surface area contributed by atoms with Crippen molar-refractivity contribution in [2.45, 2.75) is 38.4 Å². The van der Waals surface area contributed by atoms with Gasteiger partial charge in [-0.05, 0) is 6.42 Å². The molecule has 0 aromatic heterocycles. The van der Waals surface area contributed by atoms with Gasteiger partial charge in [0.15, 0.2) is 0 Å². The highest BCUT2D eigenvalue weighted by molar-refractivity contribution is 9.11. The SMILES string of the molecule is C=C(Br)[C@@H](O)[C@@H](O)CCCC. The summed E-state index contributed by atoms with van der Waals surface area (Å²) in [5.74, 6) is 0. The van der Waals surface area contributed by atoms with Crippen LogP contribution >= 0.6 is 15.9 Å². The molecule has 11 heavy (non-hydrogen) atoms. The normalized spacial score (nSPS) is 16.0.